The molecule has 1 heterocycles. The van der Waals surface area contributed by atoms with Gasteiger partial charge in [0.2, 0.25) is 5.91 Å². The number of fused-ring (bicyclic) bond motifs is 1. The van der Waals surface area contributed by atoms with Gasteiger partial charge in [-0.1, -0.05) is 36.4 Å². The van der Waals surface area contributed by atoms with E-state index >= 15 is 0 Å². The fraction of sp³-hybridized carbons (Fsp3) is 0.200. The van der Waals surface area contributed by atoms with Gasteiger partial charge in [-0.25, -0.2) is 4.39 Å². The SMILES string of the molecule is Cc1cc(C)cc(NC(=O)CC(c2ccc(F)cc2)N2Cc3ccccc3C2=O)c1. The van der Waals surface area contributed by atoms with Gasteiger partial charge in [-0.15, -0.1) is 0 Å². The Morgan fingerprint density at radius 3 is 2.37 bits per heavy atom. The van der Waals surface area contributed by atoms with Crippen LogP contribution in [0.5, 0.6) is 0 Å². The van der Waals surface area contributed by atoms with E-state index in [1.54, 1.807) is 23.1 Å². The number of anilines is 1. The van der Waals surface area contributed by atoms with Gasteiger partial charge >= 0.3 is 0 Å². The van der Waals surface area contributed by atoms with Gasteiger partial charge in [0.25, 0.3) is 5.91 Å². The largest absolute Gasteiger partial charge is 0.327 e. The first-order valence-electron chi connectivity index (χ1n) is 9.93. The molecule has 0 aromatic heterocycles. The summed E-state index contributed by atoms with van der Waals surface area (Å²) in [6.07, 6.45) is 0.0817. The number of benzene rings is 3. The minimum atomic E-state index is -0.489. The van der Waals surface area contributed by atoms with Crippen molar-refractivity contribution in [1.29, 1.82) is 0 Å². The number of hydrogen-bond acceptors (Lipinski definition) is 2. The summed E-state index contributed by atoms with van der Waals surface area (Å²) in [7, 11) is 0. The molecule has 4 rings (SSSR count). The second-order valence-electron chi connectivity index (χ2n) is 7.79. The average Bonchev–Trinajstić information content (AvgIpc) is 3.03. The van der Waals surface area contributed by atoms with Crippen LogP contribution in [0.4, 0.5) is 10.1 Å². The van der Waals surface area contributed by atoms with E-state index in [0.717, 1.165) is 27.9 Å². The molecular weight excluding hydrogens is 379 g/mol. The third kappa shape index (κ3) is 4.10. The van der Waals surface area contributed by atoms with Gasteiger partial charge in [-0.05, 0) is 66.4 Å². The van der Waals surface area contributed by atoms with Gasteiger partial charge < -0.3 is 10.2 Å². The number of nitrogens with one attached hydrogen (secondary N) is 1. The van der Waals surface area contributed by atoms with E-state index in [0.29, 0.717) is 12.1 Å². The molecule has 0 spiro atoms. The summed E-state index contributed by atoms with van der Waals surface area (Å²) in [5, 5.41) is 2.94. The third-order valence-electron chi connectivity index (χ3n) is 5.36. The van der Waals surface area contributed by atoms with Crippen LogP contribution in [0.15, 0.2) is 66.7 Å². The van der Waals surface area contributed by atoms with Crippen molar-refractivity contribution in [2.75, 3.05) is 5.32 Å². The first-order valence-corrected chi connectivity index (χ1v) is 9.93. The van der Waals surface area contributed by atoms with Crippen molar-refractivity contribution in [3.05, 3.63) is 100 Å². The van der Waals surface area contributed by atoms with Crippen molar-refractivity contribution < 1.29 is 14.0 Å². The Morgan fingerprint density at radius 1 is 1.03 bits per heavy atom. The van der Waals surface area contributed by atoms with Gasteiger partial charge in [0.05, 0.1) is 12.5 Å². The van der Waals surface area contributed by atoms with Crippen molar-refractivity contribution in [1.82, 2.24) is 4.90 Å². The van der Waals surface area contributed by atoms with Gasteiger partial charge in [0, 0.05) is 17.8 Å². The van der Waals surface area contributed by atoms with Crippen LogP contribution in [-0.4, -0.2) is 16.7 Å². The highest BCUT2D eigenvalue weighted by Crippen LogP contribution is 2.33. The number of hydrogen-bond donors (Lipinski definition) is 1. The lowest BCUT2D eigenvalue weighted by molar-refractivity contribution is -0.117. The lowest BCUT2D eigenvalue weighted by atomic mass is 10.0. The Bertz CT molecular complexity index is 1090. The maximum Gasteiger partial charge on any atom is 0.255 e. The predicted molar refractivity (Wildman–Crippen MR) is 115 cm³/mol. The predicted octanol–water partition coefficient (Wildman–Crippen LogP) is 5.17. The van der Waals surface area contributed by atoms with Crippen LogP contribution >= 0.6 is 0 Å². The maximum atomic E-state index is 13.5. The van der Waals surface area contributed by atoms with Crippen LogP contribution in [-0.2, 0) is 11.3 Å². The number of amides is 2. The van der Waals surface area contributed by atoms with Crippen molar-refractivity contribution in [3.63, 3.8) is 0 Å². The van der Waals surface area contributed by atoms with Crippen LogP contribution in [0, 0.1) is 19.7 Å². The fourth-order valence-corrected chi connectivity index (χ4v) is 4.06. The van der Waals surface area contributed by atoms with Gasteiger partial charge in [0.15, 0.2) is 0 Å². The smallest absolute Gasteiger partial charge is 0.255 e. The quantitative estimate of drug-likeness (QED) is 0.640. The molecule has 5 heteroatoms. The number of carbonyl (C=O) groups excluding carboxylic acids is 2. The Kier molecular flexibility index (Phi) is 5.36. The number of carbonyl (C=O) groups is 2. The topological polar surface area (TPSA) is 49.4 Å². The fourth-order valence-electron chi connectivity index (χ4n) is 4.06. The van der Waals surface area contributed by atoms with E-state index in [1.165, 1.54) is 12.1 Å². The zero-order valence-electron chi connectivity index (χ0n) is 17.0. The van der Waals surface area contributed by atoms with Gasteiger partial charge in [-0.2, -0.15) is 0 Å². The Balaban J connectivity index is 1.60. The van der Waals surface area contributed by atoms with Crippen LogP contribution in [0.2, 0.25) is 0 Å². The van der Waals surface area contributed by atoms with Crippen molar-refractivity contribution in [2.24, 2.45) is 0 Å². The standard InChI is InChI=1S/C25H23FN2O2/c1-16-11-17(2)13-21(12-16)27-24(29)14-23(18-7-9-20(26)10-8-18)28-15-19-5-3-4-6-22(19)25(28)30/h3-13,23H,14-15H2,1-2H3,(H,27,29). The highest BCUT2D eigenvalue weighted by molar-refractivity contribution is 5.99. The zero-order valence-corrected chi connectivity index (χ0v) is 17.0. The second kappa shape index (κ2) is 8.11. The summed E-state index contributed by atoms with van der Waals surface area (Å²) in [5.74, 6) is -0.662. The molecule has 0 saturated heterocycles. The molecule has 152 valence electrons. The molecule has 2 amide bonds. The van der Waals surface area contributed by atoms with Crippen LogP contribution in [0.25, 0.3) is 0 Å². The van der Waals surface area contributed by atoms with Crippen molar-refractivity contribution in [3.8, 4) is 0 Å². The highest BCUT2D eigenvalue weighted by atomic mass is 19.1. The minimum absolute atomic E-state index is 0.0817. The minimum Gasteiger partial charge on any atom is -0.327 e. The van der Waals surface area contributed by atoms with Crippen molar-refractivity contribution >= 4 is 17.5 Å². The molecule has 3 aromatic carbocycles. The maximum absolute atomic E-state index is 13.5. The number of halogens is 1. The summed E-state index contributed by atoms with van der Waals surface area (Å²) < 4.78 is 13.5. The summed E-state index contributed by atoms with van der Waals surface area (Å²) in [5.41, 5.74) is 5.17. The lowest BCUT2D eigenvalue weighted by Gasteiger charge is -2.28. The van der Waals surface area contributed by atoms with Crippen LogP contribution < -0.4 is 5.32 Å². The third-order valence-corrected chi connectivity index (χ3v) is 5.36. The highest BCUT2D eigenvalue weighted by Gasteiger charge is 2.34. The van der Waals surface area contributed by atoms with E-state index in [9.17, 15) is 14.0 Å². The number of rotatable bonds is 5. The van der Waals surface area contributed by atoms with Crippen LogP contribution in [0.3, 0.4) is 0 Å². The summed E-state index contributed by atoms with van der Waals surface area (Å²) in [6.45, 7) is 4.38. The number of aryl methyl sites for hydroxylation is 2. The van der Waals surface area contributed by atoms with E-state index in [1.807, 2.05) is 50.2 Å². The molecule has 1 aliphatic heterocycles. The van der Waals surface area contributed by atoms with E-state index in [-0.39, 0.29) is 24.1 Å². The normalized spacial score (nSPS) is 13.8. The molecule has 1 atom stereocenters. The average molecular weight is 402 g/mol. The summed E-state index contributed by atoms with van der Waals surface area (Å²) in [4.78, 5) is 27.6. The van der Waals surface area contributed by atoms with E-state index < -0.39 is 6.04 Å². The first-order chi connectivity index (χ1) is 14.4. The lowest BCUT2D eigenvalue weighted by Crippen LogP contribution is -2.32. The van der Waals surface area contributed by atoms with E-state index in [4.69, 9.17) is 0 Å². The molecule has 30 heavy (non-hydrogen) atoms. The summed E-state index contributed by atoms with van der Waals surface area (Å²) >= 11 is 0. The Labute approximate surface area is 175 Å². The molecule has 1 aliphatic rings. The molecule has 0 bridgehead atoms. The summed E-state index contributed by atoms with van der Waals surface area (Å²) in [6, 6.07) is 18.8. The Hall–Kier alpha value is -3.47. The Morgan fingerprint density at radius 2 is 1.70 bits per heavy atom. The number of nitrogens with zero attached hydrogens (tertiary/aromatic N) is 1. The van der Waals surface area contributed by atoms with E-state index in [2.05, 4.69) is 5.32 Å². The van der Waals surface area contributed by atoms with Crippen molar-refractivity contribution in [2.45, 2.75) is 32.9 Å². The van der Waals surface area contributed by atoms with Gasteiger partial charge in [-0.3, -0.25) is 9.59 Å². The molecule has 0 saturated carbocycles. The zero-order chi connectivity index (χ0) is 21.3. The molecule has 1 N–H and O–H groups in total. The molecule has 3 aromatic rings. The second-order valence-corrected chi connectivity index (χ2v) is 7.79. The molecule has 0 aliphatic carbocycles. The molecule has 1 unspecified atom stereocenters. The monoisotopic (exact) mass is 402 g/mol. The first kappa shape index (κ1) is 19.8. The van der Waals surface area contributed by atoms with Gasteiger partial charge in [0.1, 0.15) is 5.82 Å². The molecule has 4 nitrogen and oxygen atoms in total. The molecular formula is C25H23FN2O2. The molecule has 0 fully saturated rings. The van der Waals surface area contributed by atoms with Crippen LogP contribution in [0.1, 0.15) is 45.1 Å². The molecule has 0 radical (unpaired) electrons.